The van der Waals surface area contributed by atoms with Gasteiger partial charge >= 0.3 is 5.97 Å². The molecule has 2 heterocycles. The van der Waals surface area contributed by atoms with Gasteiger partial charge in [0.05, 0.1) is 24.2 Å². The van der Waals surface area contributed by atoms with Crippen molar-refractivity contribution in [2.24, 2.45) is 0 Å². The minimum Gasteiger partial charge on any atom is -0.465 e. The van der Waals surface area contributed by atoms with Crippen molar-refractivity contribution in [2.45, 2.75) is 31.2 Å². The van der Waals surface area contributed by atoms with E-state index in [4.69, 9.17) is 9.15 Å². The minimum atomic E-state index is -3.83. The SMILES string of the molecule is COC(=O)c1cc(CNC(=O)c2cccc(S(=O)(=O)N3CCCc4ccccc43)c2)oc1C. The molecule has 0 spiro atoms. The molecule has 0 unspecified atom stereocenters. The van der Waals surface area contributed by atoms with Crippen LogP contribution in [-0.4, -0.2) is 33.9 Å². The number of fused-ring (bicyclic) bond motifs is 1. The molecular weight excluding hydrogens is 444 g/mol. The van der Waals surface area contributed by atoms with E-state index in [1.54, 1.807) is 25.1 Å². The molecule has 2 aromatic carbocycles. The smallest absolute Gasteiger partial charge is 0.341 e. The maximum absolute atomic E-state index is 13.4. The number of furan rings is 1. The number of benzene rings is 2. The van der Waals surface area contributed by atoms with Gasteiger partial charge in [0.1, 0.15) is 17.1 Å². The number of carbonyl (C=O) groups excluding carboxylic acids is 2. The predicted octanol–water partition coefficient (Wildman–Crippen LogP) is 3.45. The summed E-state index contributed by atoms with van der Waals surface area (Å²) in [6, 6.07) is 14.9. The minimum absolute atomic E-state index is 0.0349. The number of methoxy groups -OCH3 is 1. The molecule has 172 valence electrons. The molecule has 9 heteroatoms. The Labute approximate surface area is 192 Å². The molecule has 1 aliphatic rings. The van der Waals surface area contributed by atoms with E-state index in [0.29, 0.717) is 23.8 Å². The van der Waals surface area contributed by atoms with Crippen LogP contribution in [0.25, 0.3) is 0 Å². The van der Waals surface area contributed by atoms with Crippen LogP contribution in [0.4, 0.5) is 5.69 Å². The second kappa shape index (κ2) is 9.11. The average Bonchev–Trinajstić information content (AvgIpc) is 3.22. The average molecular weight is 469 g/mol. The summed E-state index contributed by atoms with van der Waals surface area (Å²) in [4.78, 5) is 24.5. The van der Waals surface area contributed by atoms with Crippen molar-refractivity contribution in [3.05, 3.63) is 82.8 Å². The first-order valence-electron chi connectivity index (χ1n) is 10.5. The molecule has 1 aromatic heterocycles. The molecule has 0 fully saturated rings. The van der Waals surface area contributed by atoms with Gasteiger partial charge in [-0.05, 0) is 55.7 Å². The number of sulfonamides is 1. The Balaban J connectivity index is 1.52. The lowest BCUT2D eigenvalue weighted by atomic mass is 10.0. The summed E-state index contributed by atoms with van der Waals surface area (Å²) in [6.07, 6.45) is 1.56. The Hall–Kier alpha value is -3.59. The van der Waals surface area contributed by atoms with Gasteiger partial charge in [-0.1, -0.05) is 24.3 Å². The maximum atomic E-state index is 13.4. The third kappa shape index (κ3) is 4.49. The van der Waals surface area contributed by atoms with E-state index >= 15 is 0 Å². The Bertz CT molecular complexity index is 1310. The van der Waals surface area contributed by atoms with Crippen LogP contribution in [0.1, 0.15) is 44.2 Å². The van der Waals surface area contributed by atoms with E-state index < -0.39 is 21.9 Å². The van der Waals surface area contributed by atoms with Crippen LogP contribution in [0.5, 0.6) is 0 Å². The number of nitrogens with zero attached hydrogens (tertiary/aromatic N) is 1. The van der Waals surface area contributed by atoms with Gasteiger partial charge < -0.3 is 14.5 Å². The van der Waals surface area contributed by atoms with Gasteiger partial charge in [-0.15, -0.1) is 0 Å². The molecule has 8 nitrogen and oxygen atoms in total. The first-order chi connectivity index (χ1) is 15.8. The topological polar surface area (TPSA) is 106 Å². The monoisotopic (exact) mass is 468 g/mol. The normalized spacial score (nSPS) is 13.3. The highest BCUT2D eigenvalue weighted by molar-refractivity contribution is 7.92. The molecule has 33 heavy (non-hydrogen) atoms. The van der Waals surface area contributed by atoms with E-state index in [1.165, 1.54) is 29.6 Å². The number of hydrogen-bond acceptors (Lipinski definition) is 6. The fourth-order valence-corrected chi connectivity index (χ4v) is 5.47. The Kier molecular flexibility index (Phi) is 6.24. The van der Waals surface area contributed by atoms with Gasteiger partial charge in [0, 0.05) is 12.1 Å². The molecular formula is C24H24N2O6S. The summed E-state index contributed by atoms with van der Waals surface area (Å²) in [5.41, 5.74) is 2.16. The molecule has 1 amide bonds. The fraction of sp³-hybridized carbons (Fsp3) is 0.250. The summed E-state index contributed by atoms with van der Waals surface area (Å²) in [7, 11) is -2.55. The highest BCUT2D eigenvalue weighted by Crippen LogP contribution is 2.32. The largest absolute Gasteiger partial charge is 0.465 e. The number of para-hydroxylation sites is 1. The third-order valence-corrected chi connectivity index (χ3v) is 7.36. The number of carbonyl (C=O) groups is 2. The van der Waals surface area contributed by atoms with Crippen molar-refractivity contribution >= 4 is 27.6 Å². The zero-order chi connectivity index (χ0) is 23.6. The van der Waals surface area contributed by atoms with Gasteiger partial charge in [0.15, 0.2) is 0 Å². The van der Waals surface area contributed by atoms with Gasteiger partial charge in [-0.2, -0.15) is 0 Å². The molecule has 1 N–H and O–H groups in total. The molecule has 0 bridgehead atoms. The van der Waals surface area contributed by atoms with Crippen molar-refractivity contribution < 1.29 is 27.2 Å². The number of ether oxygens (including phenoxy) is 1. The first kappa shape index (κ1) is 22.6. The fourth-order valence-electron chi connectivity index (χ4n) is 3.89. The van der Waals surface area contributed by atoms with E-state index in [2.05, 4.69) is 5.32 Å². The predicted molar refractivity (Wildman–Crippen MR) is 122 cm³/mol. The zero-order valence-corrected chi connectivity index (χ0v) is 19.1. The van der Waals surface area contributed by atoms with Gasteiger partial charge in [-0.25, -0.2) is 13.2 Å². The molecule has 4 rings (SSSR count). The molecule has 0 radical (unpaired) electrons. The number of esters is 1. The summed E-state index contributed by atoms with van der Waals surface area (Å²) >= 11 is 0. The zero-order valence-electron chi connectivity index (χ0n) is 18.3. The molecule has 0 saturated carbocycles. The summed E-state index contributed by atoms with van der Waals surface area (Å²) in [6.45, 7) is 2.05. The highest BCUT2D eigenvalue weighted by atomic mass is 32.2. The Morgan fingerprint density at radius 3 is 2.70 bits per heavy atom. The van der Waals surface area contributed by atoms with Crippen molar-refractivity contribution in [1.29, 1.82) is 0 Å². The lowest BCUT2D eigenvalue weighted by Gasteiger charge is -2.30. The lowest BCUT2D eigenvalue weighted by Crippen LogP contribution is -2.35. The summed E-state index contributed by atoms with van der Waals surface area (Å²) in [5, 5.41) is 2.69. The summed E-state index contributed by atoms with van der Waals surface area (Å²) in [5.74, 6) is -0.207. The van der Waals surface area contributed by atoms with E-state index in [-0.39, 0.29) is 22.6 Å². The van der Waals surface area contributed by atoms with Crippen molar-refractivity contribution in [2.75, 3.05) is 18.0 Å². The van der Waals surface area contributed by atoms with Crippen molar-refractivity contribution in [3.63, 3.8) is 0 Å². The third-order valence-electron chi connectivity index (χ3n) is 5.55. The van der Waals surface area contributed by atoms with E-state index in [0.717, 1.165) is 18.4 Å². The second-order valence-corrected chi connectivity index (χ2v) is 9.56. The lowest BCUT2D eigenvalue weighted by molar-refractivity contribution is 0.0598. The standard InChI is InChI=1S/C24H24N2O6S/c1-16-21(24(28)31-2)14-19(32-16)15-25-23(27)18-8-5-10-20(13-18)33(29,30)26-12-6-9-17-7-3-4-11-22(17)26/h3-5,7-8,10-11,13-14H,6,9,12,15H2,1-2H3,(H,25,27). The molecule has 0 saturated heterocycles. The van der Waals surface area contributed by atoms with Crippen LogP contribution < -0.4 is 9.62 Å². The second-order valence-electron chi connectivity index (χ2n) is 7.69. The van der Waals surface area contributed by atoms with Crippen LogP contribution in [0.2, 0.25) is 0 Å². The van der Waals surface area contributed by atoms with E-state index in [1.807, 2.05) is 18.2 Å². The van der Waals surface area contributed by atoms with Crippen LogP contribution >= 0.6 is 0 Å². The van der Waals surface area contributed by atoms with Crippen LogP contribution in [-0.2, 0) is 27.7 Å². The van der Waals surface area contributed by atoms with Crippen molar-refractivity contribution in [3.8, 4) is 0 Å². The van der Waals surface area contributed by atoms with Gasteiger partial charge in [0.2, 0.25) is 0 Å². The quantitative estimate of drug-likeness (QED) is 0.556. The number of amides is 1. The van der Waals surface area contributed by atoms with E-state index in [9.17, 15) is 18.0 Å². The highest BCUT2D eigenvalue weighted by Gasteiger charge is 2.29. The molecule has 0 aliphatic carbocycles. The number of rotatable bonds is 6. The van der Waals surface area contributed by atoms with Gasteiger partial charge in [0.25, 0.3) is 15.9 Å². The van der Waals surface area contributed by atoms with Gasteiger partial charge in [-0.3, -0.25) is 9.10 Å². The summed E-state index contributed by atoms with van der Waals surface area (Å²) < 4.78 is 38.3. The van der Waals surface area contributed by atoms with Crippen LogP contribution in [0.3, 0.4) is 0 Å². The number of anilines is 1. The Morgan fingerprint density at radius 1 is 1.12 bits per heavy atom. The number of hydrogen-bond donors (Lipinski definition) is 1. The molecule has 1 aliphatic heterocycles. The number of nitrogens with one attached hydrogen (secondary N) is 1. The van der Waals surface area contributed by atoms with Crippen LogP contribution in [0, 0.1) is 6.92 Å². The number of aryl methyl sites for hydroxylation is 2. The molecule has 0 atom stereocenters. The maximum Gasteiger partial charge on any atom is 0.341 e. The first-order valence-corrected chi connectivity index (χ1v) is 11.9. The Morgan fingerprint density at radius 2 is 1.91 bits per heavy atom. The van der Waals surface area contributed by atoms with Crippen molar-refractivity contribution in [1.82, 2.24) is 5.32 Å². The molecule has 3 aromatic rings. The van der Waals surface area contributed by atoms with Crippen LogP contribution in [0.15, 0.2) is 63.9 Å².